The lowest BCUT2D eigenvalue weighted by Gasteiger charge is -2.14. The van der Waals surface area contributed by atoms with Crippen molar-refractivity contribution in [3.63, 3.8) is 0 Å². The molecule has 118 valence electrons. The van der Waals surface area contributed by atoms with Crippen LogP contribution in [0.1, 0.15) is 11.6 Å². The van der Waals surface area contributed by atoms with Crippen LogP contribution in [0.25, 0.3) is 0 Å². The molecule has 0 saturated carbocycles. The molecule has 3 rings (SSSR count). The van der Waals surface area contributed by atoms with E-state index in [1.807, 2.05) is 0 Å². The highest BCUT2D eigenvalue weighted by Crippen LogP contribution is 2.30. The molecule has 3 heterocycles. The summed E-state index contributed by atoms with van der Waals surface area (Å²) in [5.41, 5.74) is 6.18. The molecule has 1 aliphatic rings. The van der Waals surface area contributed by atoms with E-state index in [2.05, 4.69) is 15.3 Å². The first kappa shape index (κ1) is 15.0. The van der Waals surface area contributed by atoms with Gasteiger partial charge < -0.3 is 5.73 Å². The van der Waals surface area contributed by atoms with Gasteiger partial charge in [0.15, 0.2) is 0 Å². The fourth-order valence-electron chi connectivity index (χ4n) is 2.52. The van der Waals surface area contributed by atoms with Crippen LogP contribution in [0.15, 0.2) is 29.6 Å². The maximum atomic E-state index is 13.9. The summed E-state index contributed by atoms with van der Waals surface area (Å²) in [5.74, 6) is -0.977. The second-order valence-corrected chi connectivity index (χ2v) is 7.08. The Labute approximate surface area is 126 Å². The number of sulfonamides is 1. The fourth-order valence-corrected chi connectivity index (χ4v) is 3.94. The molecule has 8 nitrogen and oxygen atoms in total. The Morgan fingerprint density at radius 1 is 1.41 bits per heavy atom. The summed E-state index contributed by atoms with van der Waals surface area (Å²) in [6.07, 6.45) is 2.78. The van der Waals surface area contributed by atoms with Crippen LogP contribution in [-0.4, -0.2) is 51.8 Å². The molecule has 2 atom stereocenters. The fraction of sp³-hybridized carbons (Fsp3) is 0.417. The molecule has 0 unspecified atom stereocenters. The highest BCUT2D eigenvalue weighted by atomic mass is 32.2. The number of hydrogen-bond donors (Lipinski definition) is 1. The molecule has 0 radical (unpaired) electrons. The van der Waals surface area contributed by atoms with E-state index < -0.39 is 27.8 Å². The third-order valence-corrected chi connectivity index (χ3v) is 5.35. The topological polar surface area (TPSA) is 107 Å². The minimum Gasteiger partial charge on any atom is -0.326 e. The number of aryl methyl sites for hydroxylation is 1. The third-order valence-electron chi connectivity index (χ3n) is 3.66. The van der Waals surface area contributed by atoms with Gasteiger partial charge in [-0.05, 0) is 12.1 Å². The van der Waals surface area contributed by atoms with E-state index in [4.69, 9.17) is 5.73 Å². The van der Waals surface area contributed by atoms with Crippen molar-refractivity contribution in [2.75, 3.05) is 13.1 Å². The standard InChI is InChI=1S/C12H15FN6O2S/c1-18-7-11(16-17-18)22(20,21)19-5-8(10(14)6-19)12-9(13)3-2-4-15-12/h2-4,7-8,10H,5-6,14H2,1H3/t8-,10-/m1/s1. The van der Waals surface area contributed by atoms with Gasteiger partial charge in [0.05, 0.1) is 11.9 Å². The number of nitrogens with zero attached hydrogens (tertiary/aromatic N) is 5. The van der Waals surface area contributed by atoms with Crippen LogP contribution in [0.4, 0.5) is 4.39 Å². The van der Waals surface area contributed by atoms with Crippen LogP contribution >= 0.6 is 0 Å². The Balaban J connectivity index is 1.89. The van der Waals surface area contributed by atoms with E-state index in [0.717, 1.165) is 0 Å². The van der Waals surface area contributed by atoms with Crippen LogP contribution in [0.5, 0.6) is 0 Å². The second kappa shape index (κ2) is 5.38. The minimum absolute atomic E-state index is 0.0635. The molecule has 0 amide bonds. The van der Waals surface area contributed by atoms with Crippen LogP contribution in [0, 0.1) is 5.82 Å². The zero-order chi connectivity index (χ0) is 15.9. The molecule has 10 heteroatoms. The van der Waals surface area contributed by atoms with Gasteiger partial charge in [0.2, 0.25) is 5.03 Å². The molecule has 1 fully saturated rings. The summed E-state index contributed by atoms with van der Waals surface area (Å²) in [6.45, 7) is 0.146. The molecule has 22 heavy (non-hydrogen) atoms. The normalized spacial score (nSPS) is 23.0. The maximum Gasteiger partial charge on any atom is 0.264 e. The summed E-state index contributed by atoms with van der Waals surface area (Å²) in [6, 6.07) is 2.23. The molecule has 1 saturated heterocycles. The zero-order valence-corrected chi connectivity index (χ0v) is 12.6. The van der Waals surface area contributed by atoms with Gasteiger partial charge in [0, 0.05) is 38.3 Å². The maximum absolute atomic E-state index is 13.9. The van der Waals surface area contributed by atoms with Gasteiger partial charge in [0.25, 0.3) is 10.0 Å². The Hall–Kier alpha value is -1.91. The van der Waals surface area contributed by atoms with Gasteiger partial charge in [-0.25, -0.2) is 12.8 Å². The Kier molecular flexibility index (Phi) is 3.67. The van der Waals surface area contributed by atoms with Crippen molar-refractivity contribution >= 4 is 10.0 Å². The van der Waals surface area contributed by atoms with E-state index in [-0.39, 0.29) is 23.8 Å². The van der Waals surface area contributed by atoms with Crippen molar-refractivity contribution in [3.05, 3.63) is 36.0 Å². The Bertz CT molecular complexity index is 792. The number of pyridine rings is 1. The average molecular weight is 326 g/mol. The molecule has 1 aliphatic heterocycles. The summed E-state index contributed by atoms with van der Waals surface area (Å²) >= 11 is 0. The molecule has 2 N–H and O–H groups in total. The summed E-state index contributed by atoms with van der Waals surface area (Å²) < 4.78 is 41.3. The number of rotatable bonds is 3. The van der Waals surface area contributed by atoms with Crippen LogP contribution in [0.3, 0.4) is 0 Å². The molecular formula is C12H15FN6O2S. The summed E-state index contributed by atoms with van der Waals surface area (Å²) in [5, 5.41) is 7.10. The van der Waals surface area contributed by atoms with Crippen molar-refractivity contribution < 1.29 is 12.8 Å². The smallest absolute Gasteiger partial charge is 0.264 e. The van der Waals surface area contributed by atoms with Gasteiger partial charge in [-0.2, -0.15) is 4.31 Å². The van der Waals surface area contributed by atoms with Crippen molar-refractivity contribution in [2.45, 2.75) is 17.0 Å². The van der Waals surface area contributed by atoms with Gasteiger partial charge in [-0.1, -0.05) is 5.21 Å². The van der Waals surface area contributed by atoms with Crippen LogP contribution < -0.4 is 5.73 Å². The first-order valence-corrected chi connectivity index (χ1v) is 8.06. The predicted molar refractivity (Wildman–Crippen MR) is 74.7 cm³/mol. The highest BCUT2D eigenvalue weighted by molar-refractivity contribution is 7.89. The molecule has 0 spiro atoms. The molecule has 2 aromatic rings. The lowest BCUT2D eigenvalue weighted by molar-refractivity contribution is 0.465. The second-order valence-electron chi connectivity index (χ2n) is 5.19. The molecule has 0 aliphatic carbocycles. The number of nitrogens with two attached hydrogens (primary N) is 1. The van der Waals surface area contributed by atoms with E-state index in [9.17, 15) is 12.8 Å². The molecule has 2 aromatic heterocycles. The highest BCUT2D eigenvalue weighted by Gasteiger charge is 2.41. The van der Waals surface area contributed by atoms with Crippen molar-refractivity contribution in [1.82, 2.24) is 24.3 Å². The monoisotopic (exact) mass is 326 g/mol. The van der Waals surface area contributed by atoms with E-state index in [1.54, 1.807) is 7.05 Å². The largest absolute Gasteiger partial charge is 0.326 e. The molecule has 0 bridgehead atoms. The molecule has 0 aromatic carbocycles. The van der Waals surface area contributed by atoms with Crippen molar-refractivity contribution in [2.24, 2.45) is 12.8 Å². The van der Waals surface area contributed by atoms with Gasteiger partial charge >= 0.3 is 0 Å². The Morgan fingerprint density at radius 3 is 2.82 bits per heavy atom. The minimum atomic E-state index is -3.80. The quantitative estimate of drug-likeness (QED) is 0.812. The summed E-state index contributed by atoms with van der Waals surface area (Å²) in [7, 11) is -2.22. The van der Waals surface area contributed by atoms with E-state index >= 15 is 0 Å². The van der Waals surface area contributed by atoms with E-state index in [0.29, 0.717) is 0 Å². The lowest BCUT2D eigenvalue weighted by atomic mass is 9.99. The summed E-state index contributed by atoms with van der Waals surface area (Å²) in [4.78, 5) is 4.00. The van der Waals surface area contributed by atoms with Crippen molar-refractivity contribution in [3.8, 4) is 0 Å². The third kappa shape index (κ3) is 2.49. The van der Waals surface area contributed by atoms with E-state index in [1.165, 1.54) is 33.5 Å². The van der Waals surface area contributed by atoms with Crippen molar-refractivity contribution in [1.29, 1.82) is 0 Å². The average Bonchev–Trinajstić information content (AvgIpc) is 3.06. The number of aromatic nitrogens is 4. The number of halogens is 1. The zero-order valence-electron chi connectivity index (χ0n) is 11.8. The first-order valence-electron chi connectivity index (χ1n) is 6.62. The Morgan fingerprint density at radius 2 is 2.18 bits per heavy atom. The van der Waals surface area contributed by atoms with Gasteiger partial charge in [-0.15, -0.1) is 5.10 Å². The van der Waals surface area contributed by atoms with Gasteiger partial charge in [-0.3, -0.25) is 9.67 Å². The SMILES string of the molecule is Cn1cc(S(=O)(=O)N2C[C@@H](N)[C@H](c3ncccc3F)C2)nn1. The van der Waals surface area contributed by atoms with Crippen LogP contribution in [-0.2, 0) is 17.1 Å². The molecular weight excluding hydrogens is 311 g/mol. The lowest BCUT2D eigenvalue weighted by Crippen LogP contribution is -2.32. The van der Waals surface area contributed by atoms with Crippen LogP contribution in [0.2, 0.25) is 0 Å². The number of hydrogen-bond acceptors (Lipinski definition) is 6. The van der Waals surface area contributed by atoms with Gasteiger partial charge in [0.1, 0.15) is 5.82 Å². The predicted octanol–water partition coefficient (Wildman–Crippen LogP) is -0.535. The first-order chi connectivity index (χ1) is 10.4.